The van der Waals surface area contributed by atoms with Gasteiger partial charge in [-0.05, 0) is 23.3 Å². The first-order valence-corrected chi connectivity index (χ1v) is 8.10. The first kappa shape index (κ1) is 17.9. The van der Waals surface area contributed by atoms with Gasteiger partial charge in [-0.15, -0.1) is 11.6 Å². The van der Waals surface area contributed by atoms with Crippen LogP contribution in [0.3, 0.4) is 0 Å². The number of ether oxygens (including phenoxy) is 2. The van der Waals surface area contributed by atoms with Crippen LogP contribution in [0.25, 0.3) is 6.08 Å². The third kappa shape index (κ3) is 5.63. The molecule has 0 atom stereocenters. The first-order valence-electron chi connectivity index (χ1n) is 7.57. The molecule has 0 spiro atoms. The number of alkyl carbamates (subject to hydrolysis) is 1. The van der Waals surface area contributed by atoms with Crippen molar-refractivity contribution in [2.75, 3.05) is 13.7 Å². The average Bonchev–Trinajstić information content (AvgIpc) is 2.64. The number of nitrogens with one attached hydrogen (secondary N) is 1. The van der Waals surface area contributed by atoms with Crippen LogP contribution in [-0.2, 0) is 17.2 Å². The zero-order valence-electron chi connectivity index (χ0n) is 13.5. The summed E-state index contributed by atoms with van der Waals surface area (Å²) >= 11 is 5.89. The van der Waals surface area contributed by atoms with Gasteiger partial charge in [0.1, 0.15) is 12.4 Å². The number of rotatable bonds is 7. The number of alkyl halides is 1. The van der Waals surface area contributed by atoms with Crippen LogP contribution in [0.2, 0.25) is 0 Å². The largest absolute Gasteiger partial charge is 0.496 e. The lowest BCUT2D eigenvalue weighted by molar-refractivity contribution is 0.141. The van der Waals surface area contributed by atoms with E-state index in [1.54, 1.807) is 7.11 Å². The average molecular weight is 346 g/mol. The van der Waals surface area contributed by atoms with Crippen molar-refractivity contribution in [2.45, 2.75) is 12.5 Å². The molecule has 2 aromatic rings. The van der Waals surface area contributed by atoms with Gasteiger partial charge in [-0.25, -0.2) is 4.79 Å². The molecule has 0 saturated heterocycles. The molecule has 4 nitrogen and oxygen atoms in total. The number of halogens is 1. The summed E-state index contributed by atoms with van der Waals surface area (Å²) in [5.74, 6) is 1.15. The van der Waals surface area contributed by atoms with Crippen LogP contribution in [0.5, 0.6) is 5.75 Å². The van der Waals surface area contributed by atoms with Crippen LogP contribution >= 0.6 is 11.6 Å². The predicted octanol–water partition coefficient (Wildman–Crippen LogP) is 4.37. The van der Waals surface area contributed by atoms with Gasteiger partial charge in [-0.2, -0.15) is 0 Å². The van der Waals surface area contributed by atoms with E-state index < -0.39 is 6.09 Å². The number of methoxy groups -OCH3 is 1. The van der Waals surface area contributed by atoms with E-state index in [9.17, 15) is 4.79 Å². The number of hydrogen-bond donors (Lipinski definition) is 1. The van der Waals surface area contributed by atoms with Gasteiger partial charge in [-0.1, -0.05) is 48.6 Å². The minimum atomic E-state index is -0.445. The van der Waals surface area contributed by atoms with E-state index in [0.717, 1.165) is 22.4 Å². The maximum Gasteiger partial charge on any atom is 0.407 e. The highest BCUT2D eigenvalue weighted by molar-refractivity contribution is 6.17. The number of benzene rings is 2. The highest BCUT2D eigenvalue weighted by atomic mass is 35.5. The van der Waals surface area contributed by atoms with Crippen molar-refractivity contribution in [3.05, 3.63) is 71.3 Å². The van der Waals surface area contributed by atoms with Crippen molar-refractivity contribution in [1.82, 2.24) is 5.32 Å². The van der Waals surface area contributed by atoms with E-state index in [0.29, 0.717) is 12.4 Å². The number of hydrogen-bond acceptors (Lipinski definition) is 3. The third-order valence-corrected chi connectivity index (χ3v) is 3.62. The van der Waals surface area contributed by atoms with Crippen molar-refractivity contribution in [1.29, 1.82) is 0 Å². The molecule has 1 N–H and O–H groups in total. The Morgan fingerprint density at radius 1 is 1.21 bits per heavy atom. The summed E-state index contributed by atoms with van der Waals surface area (Å²) in [5, 5.41) is 2.68. The van der Waals surface area contributed by atoms with Crippen LogP contribution < -0.4 is 10.1 Å². The Morgan fingerprint density at radius 3 is 2.71 bits per heavy atom. The normalized spacial score (nSPS) is 10.6. The zero-order chi connectivity index (χ0) is 17.2. The molecular formula is C19H20ClNO3. The molecule has 0 unspecified atom stereocenters. The smallest absolute Gasteiger partial charge is 0.407 e. The van der Waals surface area contributed by atoms with E-state index in [1.165, 1.54) is 0 Å². The highest BCUT2D eigenvalue weighted by Gasteiger charge is 2.02. The quantitative estimate of drug-likeness (QED) is 0.758. The van der Waals surface area contributed by atoms with Crippen LogP contribution in [-0.4, -0.2) is 19.7 Å². The lowest BCUT2D eigenvalue weighted by atomic mass is 10.1. The lowest BCUT2D eigenvalue weighted by Crippen LogP contribution is -2.24. The Morgan fingerprint density at radius 2 is 2.00 bits per heavy atom. The molecule has 0 aliphatic carbocycles. The molecule has 5 heteroatoms. The van der Waals surface area contributed by atoms with E-state index in [4.69, 9.17) is 21.1 Å². The van der Waals surface area contributed by atoms with E-state index in [2.05, 4.69) is 5.32 Å². The summed E-state index contributed by atoms with van der Waals surface area (Å²) in [6, 6.07) is 15.3. The zero-order valence-corrected chi connectivity index (χ0v) is 14.3. The van der Waals surface area contributed by atoms with Gasteiger partial charge < -0.3 is 14.8 Å². The maximum atomic E-state index is 11.6. The number of carbonyl (C=O) groups excluding carboxylic acids is 1. The van der Waals surface area contributed by atoms with Crippen LogP contribution in [0, 0.1) is 0 Å². The molecule has 2 rings (SSSR count). The molecule has 2 aromatic carbocycles. The van der Waals surface area contributed by atoms with Crippen molar-refractivity contribution in [3.8, 4) is 5.75 Å². The molecule has 0 saturated carbocycles. The van der Waals surface area contributed by atoms with E-state index in [-0.39, 0.29) is 6.61 Å². The third-order valence-electron chi connectivity index (χ3n) is 3.34. The SMILES string of the molecule is COc1ccc(C=CCNC(=O)OCc2ccccc2)cc1CCl. The van der Waals surface area contributed by atoms with Crippen LogP contribution in [0.4, 0.5) is 4.79 Å². The second-order valence-electron chi connectivity index (χ2n) is 5.05. The van der Waals surface area contributed by atoms with Gasteiger partial charge in [0.15, 0.2) is 0 Å². The Balaban J connectivity index is 1.76. The molecule has 0 aliphatic heterocycles. The molecule has 0 aromatic heterocycles. The van der Waals surface area contributed by atoms with Crippen molar-refractivity contribution < 1.29 is 14.3 Å². The summed E-state index contributed by atoms with van der Waals surface area (Å²) in [6.45, 7) is 0.643. The standard InChI is InChI=1S/C19H20ClNO3/c1-23-18-10-9-15(12-17(18)13-20)8-5-11-21-19(22)24-14-16-6-3-2-4-7-16/h2-10,12H,11,13-14H2,1H3,(H,21,22). The van der Waals surface area contributed by atoms with E-state index in [1.807, 2.05) is 60.7 Å². The maximum absolute atomic E-state index is 11.6. The van der Waals surface area contributed by atoms with Gasteiger partial charge in [0.05, 0.1) is 13.0 Å². The summed E-state index contributed by atoms with van der Waals surface area (Å²) in [6.07, 6.45) is 3.32. The molecule has 0 fully saturated rings. The van der Waals surface area contributed by atoms with Crippen molar-refractivity contribution >= 4 is 23.8 Å². The van der Waals surface area contributed by atoms with Gasteiger partial charge in [0.25, 0.3) is 0 Å². The Bertz CT molecular complexity index is 686. The second-order valence-corrected chi connectivity index (χ2v) is 5.32. The van der Waals surface area contributed by atoms with Crippen molar-refractivity contribution in [3.63, 3.8) is 0 Å². The molecule has 0 bridgehead atoms. The fraction of sp³-hybridized carbons (Fsp3) is 0.211. The Hall–Kier alpha value is -2.46. The van der Waals surface area contributed by atoms with Gasteiger partial charge in [0, 0.05) is 12.1 Å². The molecule has 24 heavy (non-hydrogen) atoms. The number of carbonyl (C=O) groups is 1. The number of amides is 1. The molecule has 0 radical (unpaired) electrons. The lowest BCUT2D eigenvalue weighted by Gasteiger charge is -2.07. The fourth-order valence-corrected chi connectivity index (χ4v) is 2.33. The van der Waals surface area contributed by atoms with Gasteiger partial charge in [-0.3, -0.25) is 0 Å². The molecule has 1 amide bonds. The molecule has 126 valence electrons. The molecule has 0 heterocycles. The second kappa shape index (κ2) is 9.63. The summed E-state index contributed by atoms with van der Waals surface area (Å²) in [7, 11) is 1.62. The minimum Gasteiger partial charge on any atom is -0.496 e. The topological polar surface area (TPSA) is 47.6 Å². The first-order chi connectivity index (χ1) is 11.7. The summed E-state index contributed by atoms with van der Waals surface area (Å²) < 4.78 is 10.4. The summed E-state index contributed by atoms with van der Waals surface area (Å²) in [5.41, 5.74) is 2.87. The highest BCUT2D eigenvalue weighted by Crippen LogP contribution is 2.22. The van der Waals surface area contributed by atoms with Crippen LogP contribution in [0.1, 0.15) is 16.7 Å². The monoisotopic (exact) mass is 345 g/mol. The van der Waals surface area contributed by atoms with Crippen LogP contribution in [0.15, 0.2) is 54.6 Å². The Labute approximate surface area is 147 Å². The minimum absolute atomic E-state index is 0.258. The van der Waals surface area contributed by atoms with Crippen molar-refractivity contribution in [2.24, 2.45) is 0 Å². The Kier molecular flexibility index (Phi) is 7.18. The molecule has 0 aliphatic rings. The van der Waals surface area contributed by atoms with Gasteiger partial charge in [0.2, 0.25) is 0 Å². The molecular weight excluding hydrogens is 326 g/mol. The van der Waals surface area contributed by atoms with Gasteiger partial charge >= 0.3 is 6.09 Å². The summed E-state index contributed by atoms with van der Waals surface area (Å²) in [4.78, 5) is 11.6. The fourth-order valence-electron chi connectivity index (χ4n) is 2.12. The van der Waals surface area contributed by atoms with E-state index >= 15 is 0 Å². The predicted molar refractivity (Wildman–Crippen MR) is 96.2 cm³/mol.